The van der Waals surface area contributed by atoms with E-state index in [2.05, 4.69) is 20.4 Å². The molecule has 0 fully saturated rings. The fraction of sp³-hybridized carbons (Fsp3) is 0.857. The van der Waals surface area contributed by atoms with Crippen molar-refractivity contribution in [2.45, 2.75) is 232 Å². The van der Waals surface area contributed by atoms with E-state index < -0.39 is 11.9 Å². The van der Waals surface area contributed by atoms with Crippen LogP contribution in [0.15, 0.2) is 24.3 Å². The maximum atomic E-state index is 12.5. The highest BCUT2D eigenvalue weighted by Crippen LogP contribution is 2.20. The van der Waals surface area contributed by atoms with Gasteiger partial charge in [0.1, 0.15) is 6.10 Å². The summed E-state index contributed by atoms with van der Waals surface area (Å²) in [6.07, 6.45) is 45.5. The molecule has 0 aromatic heterocycles. The fourth-order valence-electron chi connectivity index (χ4n) is 6.39. The molecule has 0 spiro atoms. The maximum Gasteiger partial charge on any atom is 0.337 e. The number of hydrogen-bond acceptors (Lipinski definition) is 3. The number of rotatable bonds is 37. The fourth-order valence-corrected chi connectivity index (χ4v) is 6.39. The van der Waals surface area contributed by atoms with Crippen LogP contribution >= 0.6 is 0 Å². The van der Waals surface area contributed by atoms with Gasteiger partial charge in [-0.25, -0.2) is 9.59 Å². The monoisotopic (exact) mass is 647 g/mol. The summed E-state index contributed by atoms with van der Waals surface area (Å²) in [5.74, 6) is -1.57. The van der Waals surface area contributed by atoms with Gasteiger partial charge in [0.2, 0.25) is 0 Å². The molecule has 0 bridgehead atoms. The number of carbonyl (C=O) groups excluding carboxylic acids is 1. The van der Waals surface area contributed by atoms with Crippen LogP contribution in [0, 0.1) is 0 Å². The topological polar surface area (TPSA) is 63.6 Å². The molecule has 0 aromatic carbocycles. The van der Waals surface area contributed by atoms with Gasteiger partial charge >= 0.3 is 11.9 Å². The van der Waals surface area contributed by atoms with Gasteiger partial charge < -0.3 is 9.84 Å². The minimum Gasteiger partial charge on any atom is -0.478 e. The Kier molecular flexibility index (Phi) is 35.0. The highest BCUT2D eigenvalue weighted by Gasteiger charge is 2.16. The Morgan fingerprint density at radius 3 is 1.00 bits per heavy atom. The van der Waals surface area contributed by atoms with Gasteiger partial charge in [-0.3, -0.25) is 0 Å². The molecular formula is C42H78O4. The molecule has 4 heteroatoms. The van der Waals surface area contributed by atoms with Crippen molar-refractivity contribution in [1.82, 2.24) is 0 Å². The summed E-state index contributed by atoms with van der Waals surface area (Å²) in [7, 11) is 0. The Morgan fingerprint density at radius 2 is 0.739 bits per heavy atom. The second kappa shape index (κ2) is 36.3. The highest BCUT2D eigenvalue weighted by atomic mass is 16.5. The molecule has 0 radical (unpaired) electrons. The highest BCUT2D eigenvalue weighted by molar-refractivity contribution is 5.93. The van der Waals surface area contributed by atoms with Crippen molar-refractivity contribution >= 4 is 11.9 Å². The van der Waals surface area contributed by atoms with E-state index in [0.29, 0.717) is 0 Å². The van der Waals surface area contributed by atoms with Gasteiger partial charge in [-0.05, 0) is 31.8 Å². The molecule has 0 aliphatic carbocycles. The van der Waals surface area contributed by atoms with Crippen LogP contribution in [-0.2, 0) is 14.3 Å². The van der Waals surface area contributed by atoms with Crippen LogP contribution in [0.2, 0.25) is 0 Å². The minimum absolute atomic E-state index is 0.101. The van der Waals surface area contributed by atoms with E-state index in [9.17, 15) is 9.59 Å². The second-order valence-corrected chi connectivity index (χ2v) is 14.1. The SMILES string of the molecule is C=C(C=CC(=O)O)C(=O)OC(CCCCCCCCCCCCCCCC)CCCCCCCCCCCCCCCCCCC. The molecule has 0 saturated carbocycles. The van der Waals surface area contributed by atoms with Crippen molar-refractivity contribution in [3.8, 4) is 0 Å². The van der Waals surface area contributed by atoms with Crippen molar-refractivity contribution in [2.75, 3.05) is 0 Å². The average molecular weight is 647 g/mol. The second-order valence-electron chi connectivity index (χ2n) is 14.1. The lowest BCUT2D eigenvalue weighted by atomic mass is 10.0. The summed E-state index contributed by atoms with van der Waals surface area (Å²) < 4.78 is 5.80. The molecule has 1 atom stereocenters. The van der Waals surface area contributed by atoms with Crippen molar-refractivity contribution in [3.05, 3.63) is 24.3 Å². The third kappa shape index (κ3) is 33.8. The van der Waals surface area contributed by atoms with Crippen molar-refractivity contribution in [1.29, 1.82) is 0 Å². The largest absolute Gasteiger partial charge is 0.478 e. The summed E-state index contributed by atoms with van der Waals surface area (Å²) in [5, 5.41) is 8.86. The Morgan fingerprint density at radius 1 is 0.478 bits per heavy atom. The van der Waals surface area contributed by atoms with E-state index in [4.69, 9.17) is 9.84 Å². The molecule has 0 saturated heterocycles. The lowest BCUT2D eigenvalue weighted by molar-refractivity contribution is -0.144. The zero-order chi connectivity index (χ0) is 33.8. The summed E-state index contributed by atoms with van der Waals surface area (Å²) in [5.41, 5.74) is 0.107. The smallest absolute Gasteiger partial charge is 0.337 e. The quantitative estimate of drug-likeness (QED) is 0.0316. The standard InChI is InChI=1S/C42H78O4/c1-4-6-8-10-12-14-16-18-20-21-22-24-26-28-30-32-34-36-40(46-42(45)39(3)37-38-41(43)44)35-33-31-29-27-25-23-19-17-15-13-11-9-7-5-2/h37-38,40H,3-36H2,1-2H3,(H,43,44). The predicted octanol–water partition coefficient (Wildman–Crippen LogP) is 14.0. The third-order valence-electron chi connectivity index (χ3n) is 9.47. The first-order chi connectivity index (χ1) is 22.5. The van der Waals surface area contributed by atoms with Crippen LogP contribution in [0.3, 0.4) is 0 Å². The van der Waals surface area contributed by atoms with Crippen LogP contribution in [0.5, 0.6) is 0 Å². The Balaban J connectivity index is 4.00. The van der Waals surface area contributed by atoms with Crippen LogP contribution in [-0.4, -0.2) is 23.1 Å². The number of carbonyl (C=O) groups is 2. The normalized spacial score (nSPS) is 12.1. The number of carboxylic acids is 1. The summed E-state index contributed by atoms with van der Waals surface area (Å²) in [6, 6.07) is 0. The van der Waals surface area contributed by atoms with E-state index in [1.54, 1.807) is 0 Å². The molecule has 46 heavy (non-hydrogen) atoms. The molecule has 270 valence electrons. The maximum absolute atomic E-state index is 12.5. The van der Waals surface area contributed by atoms with Crippen molar-refractivity contribution < 1.29 is 19.4 Å². The van der Waals surface area contributed by atoms with E-state index in [0.717, 1.165) is 31.8 Å². The molecule has 0 rings (SSSR count). The molecule has 0 amide bonds. The molecule has 0 aliphatic heterocycles. The molecule has 0 heterocycles. The first kappa shape index (κ1) is 44.4. The average Bonchev–Trinajstić information content (AvgIpc) is 3.04. The summed E-state index contributed by atoms with van der Waals surface area (Å²) >= 11 is 0. The van der Waals surface area contributed by atoms with Gasteiger partial charge in [-0.2, -0.15) is 0 Å². The molecule has 0 aromatic rings. The van der Waals surface area contributed by atoms with Crippen molar-refractivity contribution in [3.63, 3.8) is 0 Å². The lowest BCUT2D eigenvalue weighted by Crippen LogP contribution is -2.19. The van der Waals surface area contributed by atoms with Gasteiger partial charge in [0, 0.05) is 6.08 Å². The van der Waals surface area contributed by atoms with Gasteiger partial charge in [-0.15, -0.1) is 0 Å². The van der Waals surface area contributed by atoms with E-state index in [1.807, 2.05) is 0 Å². The molecular weight excluding hydrogens is 568 g/mol. The number of hydrogen-bond donors (Lipinski definition) is 1. The van der Waals surface area contributed by atoms with Crippen LogP contribution < -0.4 is 0 Å². The first-order valence-electron chi connectivity index (χ1n) is 20.3. The zero-order valence-electron chi connectivity index (χ0n) is 30.9. The van der Waals surface area contributed by atoms with Crippen LogP contribution in [0.25, 0.3) is 0 Å². The molecule has 1 unspecified atom stereocenters. The number of unbranched alkanes of at least 4 members (excludes halogenated alkanes) is 29. The number of esters is 1. The van der Waals surface area contributed by atoms with Crippen molar-refractivity contribution in [2.24, 2.45) is 0 Å². The lowest BCUT2D eigenvalue weighted by Gasteiger charge is -2.18. The number of ether oxygens (including phenoxy) is 1. The third-order valence-corrected chi connectivity index (χ3v) is 9.47. The number of carboxylic acid groups (broad SMARTS) is 1. The first-order valence-corrected chi connectivity index (χ1v) is 20.3. The molecule has 0 aliphatic rings. The van der Waals surface area contributed by atoms with Gasteiger partial charge in [0.15, 0.2) is 0 Å². The van der Waals surface area contributed by atoms with E-state index in [1.165, 1.54) is 192 Å². The molecule has 4 nitrogen and oxygen atoms in total. The number of aliphatic carboxylic acids is 1. The molecule has 1 N–H and O–H groups in total. The van der Waals surface area contributed by atoms with Gasteiger partial charge in [0.25, 0.3) is 0 Å². The van der Waals surface area contributed by atoms with E-state index >= 15 is 0 Å². The zero-order valence-corrected chi connectivity index (χ0v) is 30.9. The Bertz CT molecular complexity index is 712. The van der Waals surface area contributed by atoms with Gasteiger partial charge in [0.05, 0.1) is 5.57 Å². The van der Waals surface area contributed by atoms with Crippen LogP contribution in [0.4, 0.5) is 0 Å². The van der Waals surface area contributed by atoms with Gasteiger partial charge in [-0.1, -0.05) is 207 Å². The van der Waals surface area contributed by atoms with E-state index in [-0.39, 0.29) is 11.7 Å². The minimum atomic E-state index is -1.09. The van der Waals surface area contributed by atoms with Crippen LogP contribution in [0.1, 0.15) is 226 Å². The predicted molar refractivity (Wildman–Crippen MR) is 200 cm³/mol. The Hall–Kier alpha value is -1.58. The Labute approximate surface area is 287 Å². The summed E-state index contributed by atoms with van der Waals surface area (Å²) in [4.78, 5) is 23.3. The summed E-state index contributed by atoms with van der Waals surface area (Å²) in [6.45, 7) is 8.27.